The zero-order valence-corrected chi connectivity index (χ0v) is 12.3. The third-order valence-electron chi connectivity index (χ3n) is 2.86. The van der Waals surface area contributed by atoms with Crippen molar-refractivity contribution in [2.24, 2.45) is 5.73 Å². The molecule has 2 rings (SSSR count). The predicted molar refractivity (Wildman–Crippen MR) is 80.1 cm³/mol. The van der Waals surface area contributed by atoms with E-state index in [1.54, 1.807) is 0 Å². The first-order chi connectivity index (χ1) is 9.13. The first-order valence-electron chi connectivity index (χ1n) is 6.10. The summed E-state index contributed by atoms with van der Waals surface area (Å²) >= 11 is 3.38. The maximum absolute atomic E-state index is 12.2. The van der Waals surface area contributed by atoms with E-state index in [1.807, 2.05) is 48.0 Å². The molecular weight excluding hydrogens is 306 g/mol. The molecule has 2 aromatic rings. The molecule has 0 spiro atoms. The molecule has 0 unspecified atom stereocenters. The van der Waals surface area contributed by atoms with Crippen LogP contribution in [0.15, 0.2) is 41.0 Å². The molecule has 0 saturated heterocycles. The average Bonchev–Trinajstić information content (AvgIpc) is 2.80. The number of aryl methyl sites for hydroxylation is 1. The second-order valence-corrected chi connectivity index (χ2v) is 5.10. The van der Waals surface area contributed by atoms with Gasteiger partial charge in [-0.15, -0.1) is 0 Å². The van der Waals surface area contributed by atoms with Gasteiger partial charge in [0.25, 0.3) is 5.91 Å². The molecule has 0 bridgehead atoms. The molecule has 1 aromatic carbocycles. The molecule has 0 fully saturated rings. The minimum absolute atomic E-state index is 0.123. The van der Waals surface area contributed by atoms with Crippen molar-refractivity contribution in [3.8, 4) is 0 Å². The Labute approximate surface area is 120 Å². The van der Waals surface area contributed by atoms with Crippen LogP contribution in [0.4, 0.5) is 5.69 Å². The van der Waals surface area contributed by atoms with Crippen molar-refractivity contribution >= 4 is 27.5 Å². The zero-order valence-electron chi connectivity index (χ0n) is 10.7. The molecule has 100 valence electrons. The predicted octanol–water partition coefficient (Wildman–Crippen LogP) is 2.98. The normalized spacial score (nSPS) is 10.5. The molecule has 0 aliphatic carbocycles. The molecule has 0 radical (unpaired) electrons. The summed E-state index contributed by atoms with van der Waals surface area (Å²) in [5.41, 5.74) is 7.97. The van der Waals surface area contributed by atoms with Crippen LogP contribution < -0.4 is 11.1 Å². The highest BCUT2D eigenvalue weighted by Crippen LogP contribution is 2.17. The second kappa shape index (κ2) is 6.04. The van der Waals surface area contributed by atoms with Crippen molar-refractivity contribution in [1.29, 1.82) is 0 Å². The van der Waals surface area contributed by atoms with Crippen LogP contribution in [0.5, 0.6) is 0 Å². The Morgan fingerprint density at radius 3 is 2.89 bits per heavy atom. The number of amides is 1. The standard InChI is InChI=1S/C14H16BrN3O/c1-2-18-9-11(15)7-13(18)14(19)17-12-5-3-4-10(6-12)8-16/h3-7,9H,2,8,16H2,1H3,(H,17,19). The van der Waals surface area contributed by atoms with E-state index >= 15 is 0 Å². The number of halogens is 1. The fraction of sp³-hybridized carbons (Fsp3) is 0.214. The fourth-order valence-electron chi connectivity index (χ4n) is 1.90. The fourth-order valence-corrected chi connectivity index (χ4v) is 2.36. The molecule has 0 atom stereocenters. The van der Waals surface area contributed by atoms with Gasteiger partial charge in [0.1, 0.15) is 5.69 Å². The lowest BCUT2D eigenvalue weighted by atomic mass is 10.2. The summed E-state index contributed by atoms with van der Waals surface area (Å²) in [7, 11) is 0. The van der Waals surface area contributed by atoms with Crippen LogP contribution >= 0.6 is 15.9 Å². The van der Waals surface area contributed by atoms with Gasteiger partial charge < -0.3 is 15.6 Å². The van der Waals surface area contributed by atoms with E-state index < -0.39 is 0 Å². The molecule has 1 heterocycles. The van der Waals surface area contributed by atoms with Gasteiger partial charge in [-0.3, -0.25) is 4.79 Å². The van der Waals surface area contributed by atoms with Crippen LogP contribution in [0.25, 0.3) is 0 Å². The summed E-state index contributed by atoms with van der Waals surface area (Å²) < 4.78 is 2.79. The van der Waals surface area contributed by atoms with E-state index in [0.717, 1.165) is 22.3 Å². The largest absolute Gasteiger partial charge is 0.343 e. The lowest BCUT2D eigenvalue weighted by molar-refractivity contribution is 0.101. The molecule has 0 aliphatic rings. The number of hydrogen-bond acceptors (Lipinski definition) is 2. The third-order valence-corrected chi connectivity index (χ3v) is 3.29. The molecule has 4 nitrogen and oxygen atoms in total. The van der Waals surface area contributed by atoms with Crippen LogP contribution in [-0.2, 0) is 13.1 Å². The van der Waals surface area contributed by atoms with Crippen LogP contribution in [0.2, 0.25) is 0 Å². The number of nitrogens with two attached hydrogens (primary N) is 1. The molecule has 1 amide bonds. The number of rotatable bonds is 4. The van der Waals surface area contributed by atoms with Crippen molar-refractivity contribution in [1.82, 2.24) is 4.57 Å². The molecule has 5 heteroatoms. The Balaban J connectivity index is 2.20. The van der Waals surface area contributed by atoms with E-state index in [0.29, 0.717) is 12.2 Å². The van der Waals surface area contributed by atoms with Gasteiger partial charge in [-0.25, -0.2) is 0 Å². The highest BCUT2D eigenvalue weighted by Gasteiger charge is 2.12. The van der Waals surface area contributed by atoms with Gasteiger partial charge in [0, 0.05) is 29.4 Å². The Bertz CT molecular complexity index is 592. The Hall–Kier alpha value is -1.59. The van der Waals surface area contributed by atoms with Crippen molar-refractivity contribution < 1.29 is 4.79 Å². The number of nitrogens with one attached hydrogen (secondary N) is 1. The van der Waals surface area contributed by atoms with Crippen LogP contribution in [0, 0.1) is 0 Å². The van der Waals surface area contributed by atoms with Crippen molar-refractivity contribution in [3.05, 3.63) is 52.3 Å². The van der Waals surface area contributed by atoms with Crippen LogP contribution in [0.3, 0.4) is 0 Å². The van der Waals surface area contributed by atoms with Crippen LogP contribution in [-0.4, -0.2) is 10.5 Å². The lowest BCUT2D eigenvalue weighted by Gasteiger charge is -2.08. The number of nitrogens with zero attached hydrogens (tertiary/aromatic N) is 1. The van der Waals surface area contributed by atoms with Crippen molar-refractivity contribution in [3.63, 3.8) is 0 Å². The van der Waals surface area contributed by atoms with Crippen molar-refractivity contribution in [2.45, 2.75) is 20.0 Å². The van der Waals surface area contributed by atoms with Gasteiger partial charge in [-0.2, -0.15) is 0 Å². The van der Waals surface area contributed by atoms with Gasteiger partial charge in [0.2, 0.25) is 0 Å². The summed E-state index contributed by atoms with van der Waals surface area (Å²) in [6.45, 7) is 3.20. The number of carbonyl (C=O) groups excluding carboxylic acids is 1. The quantitative estimate of drug-likeness (QED) is 0.909. The zero-order chi connectivity index (χ0) is 13.8. The molecular formula is C14H16BrN3O. The van der Waals surface area contributed by atoms with Gasteiger partial charge in [0.05, 0.1) is 0 Å². The Kier molecular flexibility index (Phi) is 4.39. The number of aromatic nitrogens is 1. The van der Waals surface area contributed by atoms with E-state index in [1.165, 1.54) is 0 Å². The topological polar surface area (TPSA) is 60.0 Å². The maximum Gasteiger partial charge on any atom is 0.272 e. The summed E-state index contributed by atoms with van der Waals surface area (Å²) in [5.74, 6) is -0.123. The smallest absolute Gasteiger partial charge is 0.272 e. The number of benzene rings is 1. The highest BCUT2D eigenvalue weighted by molar-refractivity contribution is 9.10. The molecule has 3 N–H and O–H groups in total. The Morgan fingerprint density at radius 2 is 2.21 bits per heavy atom. The van der Waals surface area contributed by atoms with Crippen LogP contribution in [0.1, 0.15) is 23.0 Å². The third kappa shape index (κ3) is 3.24. The summed E-state index contributed by atoms with van der Waals surface area (Å²) in [6, 6.07) is 9.36. The van der Waals surface area contributed by atoms with E-state index in [2.05, 4.69) is 21.2 Å². The van der Waals surface area contributed by atoms with E-state index in [9.17, 15) is 4.79 Å². The van der Waals surface area contributed by atoms with Gasteiger partial charge in [-0.1, -0.05) is 12.1 Å². The van der Waals surface area contributed by atoms with Gasteiger partial charge in [0.15, 0.2) is 0 Å². The second-order valence-electron chi connectivity index (χ2n) is 4.19. The monoisotopic (exact) mass is 321 g/mol. The summed E-state index contributed by atoms with van der Waals surface area (Å²) in [5, 5.41) is 2.88. The Morgan fingerprint density at radius 1 is 1.42 bits per heavy atom. The van der Waals surface area contributed by atoms with Gasteiger partial charge in [-0.05, 0) is 46.6 Å². The average molecular weight is 322 g/mol. The van der Waals surface area contributed by atoms with Crippen molar-refractivity contribution in [2.75, 3.05) is 5.32 Å². The minimum atomic E-state index is -0.123. The highest BCUT2D eigenvalue weighted by atomic mass is 79.9. The molecule has 0 saturated carbocycles. The summed E-state index contributed by atoms with van der Waals surface area (Å²) in [4.78, 5) is 12.2. The first kappa shape index (κ1) is 13.8. The van der Waals surface area contributed by atoms with E-state index in [4.69, 9.17) is 5.73 Å². The number of hydrogen-bond donors (Lipinski definition) is 2. The molecule has 0 aliphatic heterocycles. The molecule has 19 heavy (non-hydrogen) atoms. The SMILES string of the molecule is CCn1cc(Br)cc1C(=O)Nc1cccc(CN)c1. The lowest BCUT2D eigenvalue weighted by Crippen LogP contribution is -2.16. The maximum atomic E-state index is 12.2. The molecule has 1 aromatic heterocycles. The minimum Gasteiger partial charge on any atom is -0.343 e. The van der Waals surface area contributed by atoms with Gasteiger partial charge >= 0.3 is 0 Å². The number of carbonyl (C=O) groups is 1. The van der Waals surface area contributed by atoms with E-state index in [-0.39, 0.29) is 5.91 Å². The number of anilines is 1. The first-order valence-corrected chi connectivity index (χ1v) is 6.89. The summed E-state index contributed by atoms with van der Waals surface area (Å²) in [6.07, 6.45) is 1.89.